The summed E-state index contributed by atoms with van der Waals surface area (Å²) in [6.45, 7) is 4.07. The van der Waals surface area contributed by atoms with Crippen LogP contribution in [0.4, 0.5) is 5.82 Å². The lowest BCUT2D eigenvalue weighted by atomic mass is 10.2. The second kappa shape index (κ2) is 5.23. The Balaban J connectivity index is 2.16. The summed E-state index contributed by atoms with van der Waals surface area (Å²) in [5.41, 5.74) is 2.11. The summed E-state index contributed by atoms with van der Waals surface area (Å²) in [5.74, 6) is 0.458. The van der Waals surface area contributed by atoms with Gasteiger partial charge in [-0.15, -0.1) is 0 Å². The maximum Gasteiger partial charge on any atom is 0.222 e. The van der Waals surface area contributed by atoms with Crippen molar-refractivity contribution >= 4 is 23.3 Å². The van der Waals surface area contributed by atoms with Crippen molar-refractivity contribution in [2.24, 2.45) is 0 Å². The van der Waals surface area contributed by atoms with Crippen LogP contribution < -0.4 is 5.32 Å². The largest absolute Gasteiger partial charge is 0.309 e. The predicted molar refractivity (Wildman–Crippen MR) is 71.8 cm³/mol. The molecular weight excluding hydrogens is 250 g/mol. The van der Waals surface area contributed by atoms with Gasteiger partial charge in [0.05, 0.1) is 6.54 Å². The van der Waals surface area contributed by atoms with Crippen LogP contribution in [0.3, 0.4) is 0 Å². The van der Waals surface area contributed by atoms with Gasteiger partial charge in [0.15, 0.2) is 5.82 Å². The molecule has 1 aromatic carbocycles. The van der Waals surface area contributed by atoms with Gasteiger partial charge in [-0.1, -0.05) is 23.7 Å². The van der Waals surface area contributed by atoms with Gasteiger partial charge in [-0.05, 0) is 24.6 Å². The number of amides is 1. The van der Waals surface area contributed by atoms with Gasteiger partial charge in [-0.25, -0.2) is 0 Å². The Kier molecular flexibility index (Phi) is 3.67. The van der Waals surface area contributed by atoms with E-state index in [1.807, 2.05) is 41.9 Å². The molecule has 1 N–H and O–H groups in total. The van der Waals surface area contributed by atoms with Crippen molar-refractivity contribution in [1.29, 1.82) is 0 Å². The molecule has 1 amide bonds. The molecule has 0 fully saturated rings. The molecule has 0 unspecified atom stereocenters. The van der Waals surface area contributed by atoms with Crippen molar-refractivity contribution in [3.05, 3.63) is 46.6 Å². The fraction of sp³-hybridized carbons (Fsp3) is 0.231. The Morgan fingerprint density at radius 1 is 1.39 bits per heavy atom. The second-order valence-corrected chi connectivity index (χ2v) is 4.57. The van der Waals surface area contributed by atoms with Gasteiger partial charge in [0, 0.05) is 23.7 Å². The third-order valence-electron chi connectivity index (χ3n) is 2.53. The van der Waals surface area contributed by atoms with Gasteiger partial charge in [-0.2, -0.15) is 5.10 Å². The lowest BCUT2D eigenvalue weighted by Gasteiger charge is -2.04. The molecule has 0 saturated heterocycles. The SMILES string of the molecule is CC(=O)Nc1cc(C)n(Cc2ccc(Cl)cc2)n1. The number of aromatic nitrogens is 2. The highest BCUT2D eigenvalue weighted by Crippen LogP contribution is 2.13. The van der Waals surface area contributed by atoms with Crippen LogP contribution >= 0.6 is 11.6 Å². The molecule has 0 bridgehead atoms. The zero-order valence-corrected chi connectivity index (χ0v) is 11.0. The minimum absolute atomic E-state index is 0.119. The van der Waals surface area contributed by atoms with E-state index in [4.69, 9.17) is 11.6 Å². The van der Waals surface area contributed by atoms with Crippen molar-refractivity contribution in [3.8, 4) is 0 Å². The van der Waals surface area contributed by atoms with Gasteiger partial charge >= 0.3 is 0 Å². The summed E-state index contributed by atoms with van der Waals surface area (Å²) in [5, 5.41) is 7.71. The van der Waals surface area contributed by atoms with Crippen molar-refractivity contribution in [3.63, 3.8) is 0 Å². The first-order valence-corrected chi connectivity index (χ1v) is 5.99. The third-order valence-corrected chi connectivity index (χ3v) is 2.78. The summed E-state index contributed by atoms with van der Waals surface area (Å²) in [4.78, 5) is 11.0. The average molecular weight is 264 g/mol. The Morgan fingerprint density at radius 2 is 2.06 bits per heavy atom. The van der Waals surface area contributed by atoms with Crippen LogP contribution in [0.25, 0.3) is 0 Å². The minimum Gasteiger partial charge on any atom is -0.309 e. The Bertz CT molecular complexity index is 560. The molecule has 0 aliphatic rings. The monoisotopic (exact) mass is 263 g/mol. The summed E-state index contributed by atoms with van der Waals surface area (Å²) in [6.07, 6.45) is 0. The quantitative estimate of drug-likeness (QED) is 0.926. The number of carbonyl (C=O) groups is 1. The number of aryl methyl sites for hydroxylation is 1. The maximum atomic E-state index is 11.0. The number of nitrogens with one attached hydrogen (secondary N) is 1. The van der Waals surface area contributed by atoms with Crippen LogP contribution in [0.15, 0.2) is 30.3 Å². The first kappa shape index (κ1) is 12.6. The zero-order valence-electron chi connectivity index (χ0n) is 10.3. The topological polar surface area (TPSA) is 46.9 Å². The molecule has 0 radical (unpaired) electrons. The van der Waals surface area contributed by atoms with Crippen LogP contribution in [-0.2, 0) is 11.3 Å². The van der Waals surface area contributed by atoms with Crippen molar-refractivity contribution < 1.29 is 4.79 Å². The normalized spacial score (nSPS) is 10.4. The molecule has 0 aliphatic heterocycles. The van der Waals surface area contributed by atoms with Crippen molar-refractivity contribution in [2.45, 2.75) is 20.4 Å². The third kappa shape index (κ3) is 3.11. The number of halogens is 1. The molecule has 0 spiro atoms. The average Bonchev–Trinajstić information content (AvgIpc) is 2.61. The van der Waals surface area contributed by atoms with Crippen molar-refractivity contribution in [1.82, 2.24) is 9.78 Å². The lowest BCUT2D eigenvalue weighted by Crippen LogP contribution is -2.08. The molecule has 0 aliphatic carbocycles. The van der Waals surface area contributed by atoms with Gasteiger partial charge in [0.25, 0.3) is 0 Å². The smallest absolute Gasteiger partial charge is 0.222 e. The molecule has 94 valence electrons. The molecule has 1 aromatic heterocycles. The molecule has 1 heterocycles. The van der Waals surface area contributed by atoms with Gasteiger partial charge in [0.1, 0.15) is 0 Å². The lowest BCUT2D eigenvalue weighted by molar-refractivity contribution is -0.114. The van der Waals surface area contributed by atoms with E-state index in [0.29, 0.717) is 12.4 Å². The van der Waals surface area contributed by atoms with Crippen LogP contribution in [0.5, 0.6) is 0 Å². The van der Waals surface area contributed by atoms with Crippen molar-refractivity contribution in [2.75, 3.05) is 5.32 Å². The summed E-state index contributed by atoms with van der Waals surface area (Å²) in [6, 6.07) is 9.47. The number of rotatable bonds is 3. The number of nitrogens with zero attached hydrogens (tertiary/aromatic N) is 2. The second-order valence-electron chi connectivity index (χ2n) is 4.14. The molecular formula is C13H14ClN3O. The zero-order chi connectivity index (χ0) is 13.1. The fourth-order valence-corrected chi connectivity index (χ4v) is 1.80. The van der Waals surface area contributed by atoms with E-state index in [-0.39, 0.29) is 5.91 Å². The maximum absolute atomic E-state index is 11.0. The molecule has 4 nitrogen and oxygen atoms in total. The van der Waals surface area contributed by atoms with Crippen LogP contribution in [0.1, 0.15) is 18.2 Å². The van der Waals surface area contributed by atoms with Crippen LogP contribution in [-0.4, -0.2) is 15.7 Å². The minimum atomic E-state index is -0.119. The van der Waals surface area contributed by atoms with E-state index >= 15 is 0 Å². The Labute approximate surface area is 111 Å². The van der Waals surface area contributed by atoms with Gasteiger partial charge in [0.2, 0.25) is 5.91 Å². The van der Waals surface area contributed by atoms with E-state index < -0.39 is 0 Å². The standard InChI is InChI=1S/C13H14ClN3O/c1-9-7-13(15-10(2)18)16-17(9)8-11-3-5-12(14)6-4-11/h3-7H,8H2,1-2H3,(H,15,16,18). The fourth-order valence-electron chi connectivity index (χ4n) is 1.67. The van der Waals surface area contributed by atoms with Crippen LogP contribution in [0.2, 0.25) is 5.02 Å². The number of anilines is 1. The highest BCUT2D eigenvalue weighted by Gasteiger charge is 2.05. The van der Waals surface area contributed by atoms with E-state index in [2.05, 4.69) is 10.4 Å². The van der Waals surface area contributed by atoms with Gasteiger partial charge < -0.3 is 5.32 Å². The predicted octanol–water partition coefficient (Wildman–Crippen LogP) is 2.85. The summed E-state index contributed by atoms with van der Waals surface area (Å²) < 4.78 is 1.84. The van der Waals surface area contributed by atoms with Crippen LogP contribution in [0, 0.1) is 6.92 Å². The van der Waals surface area contributed by atoms with Gasteiger partial charge in [-0.3, -0.25) is 9.48 Å². The summed E-state index contributed by atoms with van der Waals surface area (Å²) in [7, 11) is 0. The number of hydrogen-bond donors (Lipinski definition) is 1. The Hall–Kier alpha value is -1.81. The summed E-state index contributed by atoms with van der Waals surface area (Å²) >= 11 is 5.84. The molecule has 0 saturated carbocycles. The van der Waals surface area contributed by atoms with E-state index in [1.165, 1.54) is 6.92 Å². The molecule has 18 heavy (non-hydrogen) atoms. The number of hydrogen-bond acceptors (Lipinski definition) is 2. The van der Waals surface area contributed by atoms with E-state index in [1.54, 1.807) is 0 Å². The molecule has 2 aromatic rings. The number of benzene rings is 1. The highest BCUT2D eigenvalue weighted by molar-refractivity contribution is 6.30. The molecule has 0 atom stereocenters. The first-order valence-electron chi connectivity index (χ1n) is 5.61. The Morgan fingerprint density at radius 3 is 2.67 bits per heavy atom. The van der Waals surface area contributed by atoms with E-state index in [9.17, 15) is 4.79 Å². The first-order chi connectivity index (χ1) is 8.54. The molecule has 2 rings (SSSR count). The number of carbonyl (C=O) groups excluding carboxylic acids is 1. The van der Waals surface area contributed by atoms with E-state index in [0.717, 1.165) is 16.3 Å². The molecule has 5 heteroatoms. The highest BCUT2D eigenvalue weighted by atomic mass is 35.5.